The van der Waals surface area contributed by atoms with E-state index in [-0.39, 0.29) is 6.04 Å². The minimum absolute atomic E-state index is 0.231. The summed E-state index contributed by atoms with van der Waals surface area (Å²) in [5.74, 6) is 0.935. The second-order valence-corrected chi connectivity index (χ2v) is 8.15. The summed E-state index contributed by atoms with van der Waals surface area (Å²) >= 11 is 2.00. The monoisotopic (exact) mass is 366 g/mol. The average molecular weight is 367 g/mol. The molecule has 6 nitrogen and oxygen atoms in total. The van der Waals surface area contributed by atoms with Gasteiger partial charge in [-0.1, -0.05) is 6.42 Å². The molecule has 0 spiro atoms. The molecule has 1 aromatic rings. The van der Waals surface area contributed by atoms with Crippen LogP contribution in [0.25, 0.3) is 0 Å². The normalized spacial score (nSPS) is 22.9. The smallest absolute Gasteiger partial charge is 0.191 e. The maximum Gasteiger partial charge on any atom is 0.191 e. The van der Waals surface area contributed by atoms with Gasteiger partial charge in [-0.25, -0.2) is 0 Å². The number of rotatable bonds is 7. The Morgan fingerprint density at radius 1 is 1.48 bits per heavy atom. The van der Waals surface area contributed by atoms with Gasteiger partial charge in [-0.3, -0.25) is 9.67 Å². The lowest BCUT2D eigenvalue weighted by atomic mass is 9.95. The van der Waals surface area contributed by atoms with Crippen LogP contribution in [0.5, 0.6) is 0 Å². The largest absolute Gasteiger partial charge is 0.357 e. The first-order valence-corrected chi connectivity index (χ1v) is 10.5. The molecule has 1 aliphatic rings. The number of aliphatic imine (C=N–C) groups is 1. The van der Waals surface area contributed by atoms with Crippen molar-refractivity contribution < 1.29 is 0 Å². The minimum Gasteiger partial charge on any atom is -0.357 e. The van der Waals surface area contributed by atoms with Crippen molar-refractivity contribution in [3.63, 3.8) is 0 Å². The van der Waals surface area contributed by atoms with E-state index in [4.69, 9.17) is 4.99 Å². The molecule has 0 amide bonds. The van der Waals surface area contributed by atoms with Gasteiger partial charge in [0.15, 0.2) is 5.96 Å². The summed E-state index contributed by atoms with van der Waals surface area (Å²) in [6.45, 7) is 3.71. The van der Waals surface area contributed by atoms with Gasteiger partial charge in [-0.05, 0) is 46.5 Å². The third kappa shape index (κ3) is 6.22. The number of thioether (sulfide) groups is 1. The fraction of sp³-hybridized carbons (Fsp3) is 0.778. The molecule has 1 aromatic heterocycles. The van der Waals surface area contributed by atoms with E-state index in [1.54, 1.807) is 0 Å². The standard InChI is InChI=1S/C18H34N6S/c1-6-19-18(22-15-8-7-9-16(10-15)25-5)20-12-17(23(2)3)14-11-21-24(4)13-14/h11,13,15-17H,6-10,12H2,1-5H3,(H2,19,20,22). The first-order chi connectivity index (χ1) is 12.0. The van der Waals surface area contributed by atoms with E-state index in [2.05, 4.69) is 54.1 Å². The van der Waals surface area contributed by atoms with Gasteiger partial charge in [0.1, 0.15) is 0 Å². The number of nitrogens with one attached hydrogen (secondary N) is 2. The van der Waals surface area contributed by atoms with Gasteiger partial charge in [0.05, 0.1) is 18.8 Å². The average Bonchev–Trinajstić information content (AvgIpc) is 3.01. The Morgan fingerprint density at radius 2 is 2.28 bits per heavy atom. The van der Waals surface area contributed by atoms with Gasteiger partial charge >= 0.3 is 0 Å². The number of nitrogens with zero attached hydrogens (tertiary/aromatic N) is 4. The van der Waals surface area contributed by atoms with Crippen LogP contribution < -0.4 is 10.6 Å². The molecular weight excluding hydrogens is 332 g/mol. The zero-order valence-electron chi connectivity index (χ0n) is 16.3. The number of guanidine groups is 1. The van der Waals surface area contributed by atoms with E-state index in [1.165, 1.54) is 31.2 Å². The molecule has 1 aliphatic carbocycles. The summed E-state index contributed by atoms with van der Waals surface area (Å²) in [6.07, 6.45) is 11.3. The fourth-order valence-corrected chi connectivity index (χ4v) is 4.19. The van der Waals surface area contributed by atoms with Crippen LogP contribution in [-0.4, -0.2) is 65.4 Å². The zero-order valence-corrected chi connectivity index (χ0v) is 17.1. The van der Waals surface area contributed by atoms with E-state index in [0.29, 0.717) is 12.6 Å². The summed E-state index contributed by atoms with van der Waals surface area (Å²) in [5.41, 5.74) is 1.20. The molecule has 142 valence electrons. The summed E-state index contributed by atoms with van der Waals surface area (Å²) < 4.78 is 1.85. The second-order valence-electron chi connectivity index (χ2n) is 7.01. The highest BCUT2D eigenvalue weighted by atomic mass is 32.2. The Kier molecular flexibility index (Phi) is 8.09. The minimum atomic E-state index is 0.231. The van der Waals surface area contributed by atoms with Crippen LogP contribution in [0.3, 0.4) is 0 Å². The number of aromatic nitrogens is 2. The molecule has 0 aliphatic heterocycles. The van der Waals surface area contributed by atoms with Gasteiger partial charge in [0.25, 0.3) is 0 Å². The van der Waals surface area contributed by atoms with Crippen LogP contribution in [0.2, 0.25) is 0 Å². The third-order valence-electron chi connectivity index (χ3n) is 4.80. The number of aryl methyl sites for hydroxylation is 1. The van der Waals surface area contributed by atoms with Crippen LogP contribution in [0.1, 0.15) is 44.2 Å². The molecule has 7 heteroatoms. The number of hydrogen-bond acceptors (Lipinski definition) is 4. The van der Waals surface area contributed by atoms with Crippen molar-refractivity contribution in [2.75, 3.05) is 33.4 Å². The van der Waals surface area contributed by atoms with Crippen molar-refractivity contribution in [2.45, 2.75) is 49.9 Å². The summed E-state index contributed by atoms with van der Waals surface area (Å²) in [7, 11) is 6.14. The SMILES string of the molecule is CCNC(=NCC(c1cnn(C)c1)N(C)C)NC1CCCC(SC)C1. The van der Waals surface area contributed by atoms with Crippen molar-refractivity contribution in [2.24, 2.45) is 12.0 Å². The maximum absolute atomic E-state index is 4.87. The van der Waals surface area contributed by atoms with Gasteiger partial charge in [-0.15, -0.1) is 0 Å². The van der Waals surface area contributed by atoms with Crippen LogP contribution in [-0.2, 0) is 7.05 Å². The van der Waals surface area contributed by atoms with Gasteiger partial charge in [0, 0.05) is 36.6 Å². The van der Waals surface area contributed by atoms with Gasteiger partial charge in [0.2, 0.25) is 0 Å². The van der Waals surface area contributed by atoms with Crippen molar-refractivity contribution >= 4 is 17.7 Å². The van der Waals surface area contributed by atoms with Crippen molar-refractivity contribution in [1.82, 2.24) is 25.3 Å². The predicted octanol–water partition coefficient (Wildman–Crippen LogP) is 2.25. The molecule has 1 saturated carbocycles. The van der Waals surface area contributed by atoms with Crippen LogP contribution in [0.15, 0.2) is 17.4 Å². The topological polar surface area (TPSA) is 57.5 Å². The van der Waals surface area contributed by atoms with Gasteiger partial charge < -0.3 is 15.5 Å². The molecule has 1 heterocycles. The first-order valence-electron chi connectivity index (χ1n) is 9.26. The number of hydrogen-bond donors (Lipinski definition) is 2. The van der Waals surface area contributed by atoms with Crippen LogP contribution in [0, 0.1) is 0 Å². The molecule has 2 N–H and O–H groups in total. The van der Waals surface area contributed by atoms with Crippen molar-refractivity contribution in [3.05, 3.63) is 18.0 Å². The van der Waals surface area contributed by atoms with E-state index < -0.39 is 0 Å². The van der Waals surface area contributed by atoms with E-state index in [9.17, 15) is 0 Å². The quantitative estimate of drug-likeness (QED) is 0.573. The lowest BCUT2D eigenvalue weighted by Crippen LogP contribution is -2.46. The molecule has 3 unspecified atom stereocenters. The molecule has 3 atom stereocenters. The molecule has 25 heavy (non-hydrogen) atoms. The Hall–Kier alpha value is -1.21. The molecular formula is C18H34N6S. The molecule has 0 aromatic carbocycles. The summed E-state index contributed by atoms with van der Waals surface area (Å²) in [5, 5.41) is 12.1. The van der Waals surface area contributed by atoms with Crippen molar-refractivity contribution in [3.8, 4) is 0 Å². The highest BCUT2D eigenvalue weighted by Crippen LogP contribution is 2.26. The highest BCUT2D eigenvalue weighted by molar-refractivity contribution is 7.99. The first kappa shape index (κ1) is 20.1. The predicted molar refractivity (Wildman–Crippen MR) is 108 cm³/mol. The highest BCUT2D eigenvalue weighted by Gasteiger charge is 2.22. The molecule has 0 bridgehead atoms. The van der Waals surface area contributed by atoms with Gasteiger partial charge in [-0.2, -0.15) is 16.9 Å². The van der Waals surface area contributed by atoms with Crippen LogP contribution in [0.4, 0.5) is 0 Å². The Balaban J connectivity index is 2.01. The summed E-state index contributed by atoms with van der Waals surface area (Å²) in [6, 6.07) is 0.759. The Labute approximate surface area is 156 Å². The Morgan fingerprint density at radius 3 is 2.88 bits per heavy atom. The lowest BCUT2D eigenvalue weighted by Gasteiger charge is -2.30. The van der Waals surface area contributed by atoms with E-state index >= 15 is 0 Å². The lowest BCUT2D eigenvalue weighted by molar-refractivity contribution is 0.306. The molecule has 2 rings (SSSR count). The zero-order chi connectivity index (χ0) is 18.2. The maximum atomic E-state index is 4.87. The molecule has 0 radical (unpaired) electrons. The number of likely N-dealkylation sites (N-methyl/N-ethyl adjacent to an activating group) is 1. The fourth-order valence-electron chi connectivity index (χ4n) is 3.36. The Bertz CT molecular complexity index is 541. The van der Waals surface area contributed by atoms with Crippen LogP contribution >= 0.6 is 11.8 Å². The third-order valence-corrected chi connectivity index (χ3v) is 5.89. The van der Waals surface area contributed by atoms with Crippen molar-refractivity contribution in [1.29, 1.82) is 0 Å². The molecule has 0 saturated heterocycles. The summed E-state index contributed by atoms with van der Waals surface area (Å²) in [4.78, 5) is 7.08. The molecule has 1 fully saturated rings. The second kappa shape index (κ2) is 10.1. The van der Waals surface area contributed by atoms with E-state index in [0.717, 1.165) is 17.8 Å². The van der Waals surface area contributed by atoms with E-state index in [1.807, 2.05) is 29.7 Å².